The van der Waals surface area contributed by atoms with Gasteiger partial charge in [0.25, 0.3) is 5.56 Å². The number of aryl methyl sites for hydroxylation is 2. The number of imidazole rings is 1. The molecule has 6 heteroatoms. The van der Waals surface area contributed by atoms with Gasteiger partial charge in [-0.1, -0.05) is 12.1 Å². The summed E-state index contributed by atoms with van der Waals surface area (Å²) in [5.41, 5.74) is 3.70. The first-order valence-corrected chi connectivity index (χ1v) is 7.83. The Labute approximate surface area is 130 Å². The van der Waals surface area contributed by atoms with Crippen molar-refractivity contribution >= 4 is 27.3 Å². The molecular formula is C16H14N4OS. The molecule has 0 aliphatic carbocycles. The molecular weight excluding hydrogens is 296 g/mol. The number of aromatic nitrogens is 4. The summed E-state index contributed by atoms with van der Waals surface area (Å²) in [5, 5.41) is 0. The average Bonchev–Trinajstić information content (AvgIpc) is 3.02. The van der Waals surface area contributed by atoms with Crippen LogP contribution in [0, 0.1) is 13.8 Å². The van der Waals surface area contributed by atoms with Crippen LogP contribution in [-0.2, 0) is 6.54 Å². The summed E-state index contributed by atoms with van der Waals surface area (Å²) < 4.78 is 3.69. The summed E-state index contributed by atoms with van der Waals surface area (Å²) in [6.45, 7) is 4.50. The molecule has 3 heterocycles. The van der Waals surface area contributed by atoms with Gasteiger partial charge in [-0.3, -0.25) is 9.20 Å². The summed E-state index contributed by atoms with van der Waals surface area (Å²) in [5.74, 6) is 0. The third-order valence-corrected chi connectivity index (χ3v) is 4.95. The third kappa shape index (κ3) is 1.95. The maximum absolute atomic E-state index is 12.3. The predicted octanol–water partition coefficient (Wildman–Crippen LogP) is 2.77. The highest BCUT2D eigenvalue weighted by atomic mass is 32.1. The van der Waals surface area contributed by atoms with Crippen molar-refractivity contribution in [2.45, 2.75) is 20.4 Å². The fraction of sp³-hybridized carbons (Fsp3) is 0.188. The van der Waals surface area contributed by atoms with Gasteiger partial charge in [0.1, 0.15) is 0 Å². The molecule has 0 unspecified atom stereocenters. The van der Waals surface area contributed by atoms with Crippen LogP contribution in [0.1, 0.15) is 16.3 Å². The van der Waals surface area contributed by atoms with Gasteiger partial charge in [-0.05, 0) is 26.0 Å². The van der Waals surface area contributed by atoms with E-state index in [1.807, 2.05) is 42.7 Å². The fourth-order valence-electron chi connectivity index (χ4n) is 2.64. The summed E-state index contributed by atoms with van der Waals surface area (Å²) in [4.78, 5) is 23.2. The molecule has 0 saturated heterocycles. The third-order valence-electron chi connectivity index (χ3n) is 3.89. The van der Waals surface area contributed by atoms with Crippen molar-refractivity contribution in [3.8, 4) is 0 Å². The first-order valence-electron chi connectivity index (χ1n) is 7.02. The SMILES string of the molecule is Cc1sc2nc(Cn3cnc4ccccc43)cc(=O)n2c1C. The Morgan fingerprint density at radius 1 is 1.23 bits per heavy atom. The molecule has 110 valence electrons. The molecule has 4 rings (SSSR count). The predicted molar refractivity (Wildman–Crippen MR) is 87.6 cm³/mol. The monoisotopic (exact) mass is 310 g/mol. The van der Waals surface area contributed by atoms with E-state index in [1.165, 1.54) is 0 Å². The lowest BCUT2D eigenvalue weighted by Crippen LogP contribution is -2.16. The number of nitrogens with zero attached hydrogens (tertiary/aromatic N) is 4. The standard InChI is InChI=1S/C16H14N4OS/c1-10-11(2)22-16-18-12(7-15(21)20(10)16)8-19-9-17-13-5-3-4-6-14(13)19/h3-7,9H,8H2,1-2H3. The average molecular weight is 310 g/mol. The van der Waals surface area contributed by atoms with Gasteiger partial charge in [-0.2, -0.15) is 0 Å². The molecule has 1 aromatic carbocycles. The Balaban J connectivity index is 1.83. The summed E-state index contributed by atoms with van der Waals surface area (Å²) in [7, 11) is 0. The Bertz CT molecular complexity index is 1060. The molecule has 0 spiro atoms. The lowest BCUT2D eigenvalue weighted by Gasteiger charge is -2.04. The Kier molecular flexibility index (Phi) is 2.87. The van der Waals surface area contributed by atoms with Crippen molar-refractivity contribution < 1.29 is 0 Å². The maximum Gasteiger partial charge on any atom is 0.259 e. The van der Waals surface area contributed by atoms with E-state index in [0.29, 0.717) is 6.54 Å². The van der Waals surface area contributed by atoms with Gasteiger partial charge in [0, 0.05) is 16.6 Å². The van der Waals surface area contributed by atoms with E-state index < -0.39 is 0 Å². The van der Waals surface area contributed by atoms with Crippen LogP contribution in [0.15, 0.2) is 41.5 Å². The van der Waals surface area contributed by atoms with Crippen molar-refractivity contribution in [1.82, 2.24) is 18.9 Å². The van der Waals surface area contributed by atoms with E-state index in [9.17, 15) is 4.79 Å². The second-order valence-electron chi connectivity index (χ2n) is 5.31. The van der Waals surface area contributed by atoms with Crippen LogP contribution < -0.4 is 5.56 Å². The van der Waals surface area contributed by atoms with Gasteiger partial charge in [0.05, 0.1) is 29.6 Å². The largest absolute Gasteiger partial charge is 0.324 e. The van der Waals surface area contributed by atoms with Crippen LogP contribution in [0.4, 0.5) is 0 Å². The molecule has 0 bridgehead atoms. The molecule has 5 nitrogen and oxygen atoms in total. The van der Waals surface area contributed by atoms with E-state index in [-0.39, 0.29) is 5.56 Å². The van der Waals surface area contributed by atoms with E-state index in [1.54, 1.807) is 28.1 Å². The zero-order chi connectivity index (χ0) is 15.3. The number of hydrogen-bond donors (Lipinski definition) is 0. The molecule has 0 atom stereocenters. The number of hydrogen-bond acceptors (Lipinski definition) is 4. The van der Waals surface area contributed by atoms with Gasteiger partial charge in [0.15, 0.2) is 4.96 Å². The molecule has 0 fully saturated rings. The topological polar surface area (TPSA) is 52.2 Å². The minimum absolute atomic E-state index is 0.0220. The number of fused-ring (bicyclic) bond motifs is 2. The quantitative estimate of drug-likeness (QED) is 0.572. The number of para-hydroxylation sites is 2. The van der Waals surface area contributed by atoms with E-state index >= 15 is 0 Å². The van der Waals surface area contributed by atoms with Crippen molar-refractivity contribution in [3.05, 3.63) is 63.3 Å². The molecule has 0 saturated carbocycles. The molecule has 4 aromatic rings. The smallest absolute Gasteiger partial charge is 0.259 e. The Morgan fingerprint density at radius 2 is 2.05 bits per heavy atom. The number of benzene rings is 1. The molecule has 0 radical (unpaired) electrons. The van der Waals surface area contributed by atoms with Gasteiger partial charge in [-0.15, -0.1) is 11.3 Å². The van der Waals surface area contributed by atoms with Crippen LogP contribution in [-0.4, -0.2) is 18.9 Å². The highest BCUT2D eigenvalue weighted by Gasteiger charge is 2.11. The molecule has 0 aliphatic rings. The lowest BCUT2D eigenvalue weighted by atomic mass is 10.3. The van der Waals surface area contributed by atoms with Crippen LogP contribution >= 0.6 is 11.3 Å². The van der Waals surface area contributed by atoms with Crippen LogP contribution in [0.5, 0.6) is 0 Å². The highest BCUT2D eigenvalue weighted by Crippen LogP contribution is 2.19. The zero-order valence-corrected chi connectivity index (χ0v) is 13.1. The molecule has 22 heavy (non-hydrogen) atoms. The van der Waals surface area contributed by atoms with Crippen LogP contribution in [0.3, 0.4) is 0 Å². The van der Waals surface area contributed by atoms with Gasteiger partial charge >= 0.3 is 0 Å². The van der Waals surface area contributed by atoms with Gasteiger partial charge < -0.3 is 4.57 Å². The molecule has 0 aliphatic heterocycles. The Morgan fingerprint density at radius 3 is 2.91 bits per heavy atom. The maximum atomic E-state index is 12.3. The van der Waals surface area contributed by atoms with Gasteiger partial charge in [0.2, 0.25) is 0 Å². The van der Waals surface area contributed by atoms with Crippen LogP contribution in [0.2, 0.25) is 0 Å². The van der Waals surface area contributed by atoms with E-state index in [2.05, 4.69) is 9.97 Å². The lowest BCUT2D eigenvalue weighted by molar-refractivity contribution is 0.791. The first-order chi connectivity index (χ1) is 10.6. The van der Waals surface area contributed by atoms with Crippen molar-refractivity contribution in [1.29, 1.82) is 0 Å². The van der Waals surface area contributed by atoms with Crippen molar-refractivity contribution in [3.63, 3.8) is 0 Å². The van der Waals surface area contributed by atoms with Crippen molar-refractivity contribution in [2.75, 3.05) is 0 Å². The fourth-order valence-corrected chi connectivity index (χ4v) is 3.64. The minimum atomic E-state index is -0.0220. The second kappa shape index (κ2) is 4.78. The number of thiazole rings is 1. The molecule has 0 amide bonds. The first kappa shape index (κ1) is 13.2. The summed E-state index contributed by atoms with van der Waals surface area (Å²) in [6.07, 6.45) is 1.79. The van der Waals surface area contributed by atoms with Crippen molar-refractivity contribution in [2.24, 2.45) is 0 Å². The van der Waals surface area contributed by atoms with Crippen LogP contribution in [0.25, 0.3) is 16.0 Å². The second-order valence-corrected chi connectivity index (χ2v) is 6.49. The summed E-state index contributed by atoms with van der Waals surface area (Å²) in [6, 6.07) is 9.56. The zero-order valence-electron chi connectivity index (χ0n) is 12.3. The normalized spacial score (nSPS) is 11.5. The van der Waals surface area contributed by atoms with E-state index in [0.717, 1.165) is 32.3 Å². The van der Waals surface area contributed by atoms with Gasteiger partial charge in [-0.25, -0.2) is 9.97 Å². The summed E-state index contributed by atoms with van der Waals surface area (Å²) >= 11 is 1.55. The molecule has 0 N–H and O–H groups in total. The highest BCUT2D eigenvalue weighted by molar-refractivity contribution is 7.17. The van der Waals surface area contributed by atoms with E-state index in [4.69, 9.17) is 0 Å². The number of rotatable bonds is 2. The molecule has 3 aromatic heterocycles. The Hall–Kier alpha value is -2.47. The minimum Gasteiger partial charge on any atom is -0.324 e.